The van der Waals surface area contributed by atoms with Crippen LogP contribution in [0.25, 0.3) is 0 Å². The largest absolute Gasteiger partial charge is 0.303 e. The number of halogens is 1. The van der Waals surface area contributed by atoms with E-state index in [1.165, 1.54) is 29.5 Å². The third-order valence-electron chi connectivity index (χ3n) is 4.61. The molecule has 3 unspecified atom stereocenters. The van der Waals surface area contributed by atoms with Gasteiger partial charge in [-0.3, -0.25) is 0 Å². The van der Waals surface area contributed by atoms with Gasteiger partial charge in [0.1, 0.15) is 0 Å². The van der Waals surface area contributed by atoms with Crippen LogP contribution < -0.4 is 5.32 Å². The summed E-state index contributed by atoms with van der Waals surface area (Å²) in [6.07, 6.45) is 2.46. The quantitative estimate of drug-likeness (QED) is 0.774. The third-order valence-corrected chi connectivity index (χ3v) is 4.86. The first-order valence-electron chi connectivity index (χ1n) is 7.75. The molecular formula is C19H22ClN. The Morgan fingerprint density at radius 2 is 1.67 bits per heavy atom. The summed E-state index contributed by atoms with van der Waals surface area (Å²) < 4.78 is 0. The summed E-state index contributed by atoms with van der Waals surface area (Å²) in [7, 11) is 0. The minimum Gasteiger partial charge on any atom is -0.303 e. The van der Waals surface area contributed by atoms with E-state index in [4.69, 9.17) is 11.6 Å². The second-order valence-electron chi connectivity index (χ2n) is 6.10. The lowest BCUT2D eigenvalue weighted by Gasteiger charge is -2.32. The van der Waals surface area contributed by atoms with E-state index in [0.717, 1.165) is 5.02 Å². The molecule has 0 spiro atoms. The van der Waals surface area contributed by atoms with Gasteiger partial charge in [-0.15, -0.1) is 0 Å². The van der Waals surface area contributed by atoms with Gasteiger partial charge >= 0.3 is 0 Å². The van der Waals surface area contributed by atoms with E-state index in [9.17, 15) is 0 Å². The van der Waals surface area contributed by atoms with Crippen LogP contribution >= 0.6 is 11.6 Å². The summed E-state index contributed by atoms with van der Waals surface area (Å²) in [5.41, 5.74) is 4.26. The zero-order valence-corrected chi connectivity index (χ0v) is 13.4. The lowest BCUT2D eigenvalue weighted by molar-refractivity contribution is 0.396. The summed E-state index contributed by atoms with van der Waals surface area (Å²) in [5.74, 6) is 0.671. The van der Waals surface area contributed by atoms with Crippen LogP contribution in [0.2, 0.25) is 5.02 Å². The normalized spacial score (nSPS) is 22.6. The first-order valence-corrected chi connectivity index (χ1v) is 8.13. The number of nitrogens with one attached hydrogen (secondary N) is 1. The Balaban J connectivity index is 1.79. The zero-order chi connectivity index (χ0) is 14.8. The molecule has 0 heterocycles. The summed E-state index contributed by atoms with van der Waals surface area (Å²) >= 11 is 5.97. The Hall–Kier alpha value is -1.31. The Morgan fingerprint density at radius 1 is 1.00 bits per heavy atom. The Labute approximate surface area is 132 Å². The smallest absolute Gasteiger partial charge is 0.0406 e. The average molecular weight is 300 g/mol. The van der Waals surface area contributed by atoms with Gasteiger partial charge in [-0.05, 0) is 54.5 Å². The minimum atomic E-state index is 0.328. The molecule has 1 aliphatic rings. The number of hydrogen-bond acceptors (Lipinski definition) is 1. The van der Waals surface area contributed by atoms with Gasteiger partial charge in [-0.2, -0.15) is 0 Å². The van der Waals surface area contributed by atoms with E-state index in [1.54, 1.807) is 0 Å². The number of rotatable bonds is 3. The maximum atomic E-state index is 5.97. The molecular weight excluding hydrogens is 278 g/mol. The first kappa shape index (κ1) is 14.6. The van der Waals surface area contributed by atoms with Crippen molar-refractivity contribution in [3.8, 4) is 0 Å². The van der Waals surface area contributed by atoms with Crippen molar-refractivity contribution in [3.63, 3.8) is 0 Å². The van der Waals surface area contributed by atoms with Crippen molar-refractivity contribution >= 4 is 11.6 Å². The van der Waals surface area contributed by atoms with Crippen molar-refractivity contribution in [1.82, 2.24) is 5.32 Å². The molecule has 2 aromatic carbocycles. The molecule has 0 aliphatic heterocycles. The molecule has 0 aromatic heterocycles. The molecule has 0 radical (unpaired) electrons. The van der Waals surface area contributed by atoms with E-state index >= 15 is 0 Å². The molecule has 0 saturated heterocycles. The molecule has 110 valence electrons. The number of benzene rings is 2. The molecule has 0 bridgehead atoms. The highest BCUT2D eigenvalue weighted by atomic mass is 35.5. The van der Waals surface area contributed by atoms with Crippen LogP contribution in [-0.2, 0) is 0 Å². The van der Waals surface area contributed by atoms with Gasteiger partial charge in [0.2, 0.25) is 0 Å². The van der Waals surface area contributed by atoms with Crippen LogP contribution in [0.3, 0.4) is 0 Å². The van der Waals surface area contributed by atoms with Gasteiger partial charge in [0.15, 0.2) is 0 Å². The van der Waals surface area contributed by atoms with Crippen molar-refractivity contribution in [2.24, 2.45) is 0 Å². The fourth-order valence-electron chi connectivity index (χ4n) is 3.33. The van der Waals surface area contributed by atoms with Gasteiger partial charge in [0, 0.05) is 17.1 Å². The van der Waals surface area contributed by atoms with Crippen molar-refractivity contribution in [2.45, 2.75) is 44.7 Å². The Bertz CT molecular complexity index is 605. The van der Waals surface area contributed by atoms with E-state index < -0.39 is 0 Å². The van der Waals surface area contributed by atoms with Crippen LogP contribution in [0.1, 0.15) is 61.4 Å². The molecule has 1 N–H and O–H groups in total. The maximum Gasteiger partial charge on any atom is 0.0406 e. The second kappa shape index (κ2) is 6.21. The molecule has 21 heavy (non-hydrogen) atoms. The van der Waals surface area contributed by atoms with E-state index in [2.05, 4.69) is 55.6 Å². The van der Waals surface area contributed by atoms with Crippen LogP contribution in [-0.4, -0.2) is 0 Å². The van der Waals surface area contributed by atoms with Crippen molar-refractivity contribution in [1.29, 1.82) is 0 Å². The van der Waals surface area contributed by atoms with E-state index in [1.807, 2.05) is 12.1 Å². The molecule has 0 amide bonds. The first-order chi connectivity index (χ1) is 10.1. The molecule has 2 aromatic rings. The predicted molar refractivity (Wildman–Crippen MR) is 89.8 cm³/mol. The SMILES string of the molecule is CC1CCC(NC(C)c2ccc(Cl)cc2)c2ccccc21. The summed E-state index contributed by atoms with van der Waals surface area (Å²) in [6.45, 7) is 4.56. The van der Waals surface area contributed by atoms with Crippen molar-refractivity contribution in [3.05, 3.63) is 70.2 Å². The highest BCUT2D eigenvalue weighted by Gasteiger charge is 2.25. The standard InChI is InChI=1S/C19H22ClN/c1-13-7-12-19(18-6-4-3-5-17(13)18)21-14(2)15-8-10-16(20)11-9-15/h3-6,8-11,13-14,19,21H,7,12H2,1-2H3. The van der Waals surface area contributed by atoms with Gasteiger partial charge in [-0.1, -0.05) is 54.9 Å². The number of fused-ring (bicyclic) bond motifs is 1. The highest BCUT2D eigenvalue weighted by Crippen LogP contribution is 2.38. The predicted octanol–water partition coefficient (Wildman–Crippen LogP) is 5.63. The highest BCUT2D eigenvalue weighted by molar-refractivity contribution is 6.30. The molecule has 3 atom stereocenters. The maximum absolute atomic E-state index is 5.97. The third kappa shape index (κ3) is 3.14. The van der Waals surface area contributed by atoms with Crippen LogP contribution in [0.15, 0.2) is 48.5 Å². The molecule has 0 saturated carbocycles. The Morgan fingerprint density at radius 3 is 2.38 bits per heavy atom. The lowest BCUT2D eigenvalue weighted by Crippen LogP contribution is -2.28. The van der Waals surface area contributed by atoms with E-state index in [-0.39, 0.29) is 0 Å². The summed E-state index contributed by atoms with van der Waals surface area (Å²) in [4.78, 5) is 0. The lowest BCUT2D eigenvalue weighted by atomic mass is 9.80. The average Bonchev–Trinajstić information content (AvgIpc) is 2.51. The number of hydrogen-bond donors (Lipinski definition) is 1. The fourth-order valence-corrected chi connectivity index (χ4v) is 3.45. The monoisotopic (exact) mass is 299 g/mol. The topological polar surface area (TPSA) is 12.0 Å². The van der Waals surface area contributed by atoms with Gasteiger partial charge < -0.3 is 5.32 Å². The van der Waals surface area contributed by atoms with Crippen LogP contribution in [0, 0.1) is 0 Å². The molecule has 1 aliphatic carbocycles. The van der Waals surface area contributed by atoms with Crippen molar-refractivity contribution < 1.29 is 0 Å². The second-order valence-corrected chi connectivity index (χ2v) is 6.54. The zero-order valence-electron chi connectivity index (χ0n) is 12.6. The summed E-state index contributed by atoms with van der Waals surface area (Å²) in [5, 5.41) is 4.58. The fraction of sp³-hybridized carbons (Fsp3) is 0.368. The van der Waals surface area contributed by atoms with Crippen molar-refractivity contribution in [2.75, 3.05) is 0 Å². The summed E-state index contributed by atoms with van der Waals surface area (Å²) in [6, 6.07) is 17.8. The van der Waals surface area contributed by atoms with Crippen LogP contribution in [0.5, 0.6) is 0 Å². The van der Waals surface area contributed by atoms with E-state index in [0.29, 0.717) is 18.0 Å². The van der Waals surface area contributed by atoms with Gasteiger partial charge in [-0.25, -0.2) is 0 Å². The minimum absolute atomic E-state index is 0.328. The van der Waals surface area contributed by atoms with Gasteiger partial charge in [0.25, 0.3) is 0 Å². The van der Waals surface area contributed by atoms with Gasteiger partial charge in [0.05, 0.1) is 0 Å². The van der Waals surface area contributed by atoms with Crippen LogP contribution in [0.4, 0.5) is 0 Å². The molecule has 1 nitrogen and oxygen atoms in total. The molecule has 3 rings (SSSR count). The molecule has 0 fully saturated rings. The Kier molecular flexibility index (Phi) is 4.32. The molecule has 2 heteroatoms.